The van der Waals surface area contributed by atoms with E-state index in [1.165, 1.54) is 0 Å². The molecule has 0 radical (unpaired) electrons. The highest BCUT2D eigenvalue weighted by atomic mass is 16.6. The Morgan fingerprint density at radius 2 is 2.24 bits per heavy atom. The second-order valence-electron chi connectivity index (χ2n) is 5.08. The largest absolute Gasteiger partial charge is 0.450 e. The molecule has 21 heavy (non-hydrogen) atoms. The monoisotopic (exact) mass is 292 g/mol. The Balaban J connectivity index is 1.58. The number of hydrogen-bond donors (Lipinski definition) is 2. The van der Waals surface area contributed by atoms with Gasteiger partial charge in [0.2, 0.25) is 0 Å². The highest BCUT2D eigenvalue weighted by Crippen LogP contribution is 2.11. The van der Waals surface area contributed by atoms with Gasteiger partial charge >= 0.3 is 6.09 Å². The average Bonchev–Trinajstić information content (AvgIpc) is 2.53. The van der Waals surface area contributed by atoms with Crippen LogP contribution in [0.2, 0.25) is 0 Å². The van der Waals surface area contributed by atoms with Crippen molar-refractivity contribution >= 4 is 11.8 Å². The average molecular weight is 292 g/mol. The van der Waals surface area contributed by atoms with Crippen LogP contribution in [0.25, 0.3) is 0 Å². The summed E-state index contributed by atoms with van der Waals surface area (Å²) in [6, 6.07) is 4.40. The van der Waals surface area contributed by atoms with Gasteiger partial charge in [0, 0.05) is 44.6 Å². The fraction of sp³-hybridized carbons (Fsp3) is 0.600. The lowest BCUT2D eigenvalue weighted by Gasteiger charge is -2.31. The Labute approximate surface area is 125 Å². The summed E-state index contributed by atoms with van der Waals surface area (Å²) < 4.78 is 5.01. The van der Waals surface area contributed by atoms with Crippen LogP contribution in [0, 0.1) is 0 Å². The first kappa shape index (κ1) is 15.6. The number of hydrogen-bond acceptors (Lipinski definition) is 5. The molecule has 6 heteroatoms. The third kappa shape index (κ3) is 5.23. The zero-order chi connectivity index (χ0) is 14.9. The second kappa shape index (κ2) is 8.46. The SMILES string of the molecule is CCOC(=O)N1CCC(NCCNc2cccnc2)CC1. The summed E-state index contributed by atoms with van der Waals surface area (Å²) in [7, 11) is 0. The molecule has 1 fully saturated rings. The van der Waals surface area contributed by atoms with Gasteiger partial charge in [-0.05, 0) is 31.9 Å². The highest BCUT2D eigenvalue weighted by molar-refractivity contribution is 5.67. The van der Waals surface area contributed by atoms with Crippen LogP contribution in [-0.4, -0.2) is 54.8 Å². The zero-order valence-electron chi connectivity index (χ0n) is 12.5. The van der Waals surface area contributed by atoms with Crippen molar-refractivity contribution in [2.45, 2.75) is 25.8 Å². The summed E-state index contributed by atoms with van der Waals surface area (Å²) in [6.45, 7) is 5.58. The van der Waals surface area contributed by atoms with Crippen LogP contribution < -0.4 is 10.6 Å². The molecule has 2 N–H and O–H groups in total. The molecule has 2 heterocycles. The van der Waals surface area contributed by atoms with Crippen molar-refractivity contribution in [3.63, 3.8) is 0 Å². The number of likely N-dealkylation sites (tertiary alicyclic amines) is 1. The van der Waals surface area contributed by atoms with E-state index in [0.29, 0.717) is 12.6 Å². The molecule has 116 valence electrons. The fourth-order valence-electron chi connectivity index (χ4n) is 2.43. The molecule has 1 aliphatic heterocycles. The molecule has 2 rings (SSSR count). The lowest BCUT2D eigenvalue weighted by atomic mass is 10.1. The van der Waals surface area contributed by atoms with Crippen LogP contribution in [0.5, 0.6) is 0 Å². The molecule has 0 atom stereocenters. The minimum absolute atomic E-state index is 0.186. The van der Waals surface area contributed by atoms with Crippen LogP contribution >= 0.6 is 0 Å². The molecule has 0 bridgehead atoms. The lowest BCUT2D eigenvalue weighted by molar-refractivity contribution is 0.0952. The molecule has 1 aliphatic rings. The summed E-state index contributed by atoms with van der Waals surface area (Å²) in [6.07, 6.45) is 5.35. The molecular weight excluding hydrogens is 268 g/mol. The summed E-state index contributed by atoms with van der Waals surface area (Å²) in [5, 5.41) is 6.84. The Kier molecular flexibility index (Phi) is 6.27. The number of carbonyl (C=O) groups is 1. The molecule has 1 amide bonds. The lowest BCUT2D eigenvalue weighted by Crippen LogP contribution is -2.46. The molecule has 0 spiro atoms. The Morgan fingerprint density at radius 3 is 2.90 bits per heavy atom. The maximum absolute atomic E-state index is 11.6. The summed E-state index contributed by atoms with van der Waals surface area (Å²) >= 11 is 0. The minimum Gasteiger partial charge on any atom is -0.450 e. The van der Waals surface area contributed by atoms with Crippen molar-refractivity contribution < 1.29 is 9.53 Å². The number of piperidine rings is 1. The van der Waals surface area contributed by atoms with Crippen LogP contribution in [0.15, 0.2) is 24.5 Å². The molecule has 0 unspecified atom stereocenters. The number of rotatable bonds is 6. The van der Waals surface area contributed by atoms with Crippen molar-refractivity contribution in [3.8, 4) is 0 Å². The Hall–Kier alpha value is -1.82. The van der Waals surface area contributed by atoms with E-state index in [2.05, 4.69) is 15.6 Å². The van der Waals surface area contributed by atoms with E-state index < -0.39 is 0 Å². The molecule has 0 aromatic carbocycles. The highest BCUT2D eigenvalue weighted by Gasteiger charge is 2.22. The van der Waals surface area contributed by atoms with Crippen LogP contribution in [0.4, 0.5) is 10.5 Å². The van der Waals surface area contributed by atoms with E-state index in [9.17, 15) is 4.79 Å². The topological polar surface area (TPSA) is 66.5 Å². The first-order chi connectivity index (χ1) is 10.3. The first-order valence-electron chi connectivity index (χ1n) is 7.58. The molecule has 1 aromatic rings. The third-order valence-electron chi connectivity index (χ3n) is 3.57. The van der Waals surface area contributed by atoms with Gasteiger partial charge in [0.25, 0.3) is 0 Å². The van der Waals surface area contributed by atoms with Crippen molar-refractivity contribution in [2.75, 3.05) is 38.1 Å². The number of aromatic nitrogens is 1. The van der Waals surface area contributed by atoms with Crippen LogP contribution in [0.3, 0.4) is 0 Å². The number of anilines is 1. The second-order valence-corrected chi connectivity index (χ2v) is 5.08. The van der Waals surface area contributed by atoms with Gasteiger partial charge in [0.05, 0.1) is 12.3 Å². The third-order valence-corrected chi connectivity index (χ3v) is 3.57. The number of ether oxygens (including phenoxy) is 1. The number of nitrogens with one attached hydrogen (secondary N) is 2. The quantitative estimate of drug-likeness (QED) is 0.781. The first-order valence-corrected chi connectivity index (χ1v) is 7.58. The summed E-state index contributed by atoms with van der Waals surface area (Å²) in [4.78, 5) is 17.4. The van der Waals surface area contributed by atoms with E-state index >= 15 is 0 Å². The van der Waals surface area contributed by atoms with Gasteiger partial charge in [0.1, 0.15) is 0 Å². The van der Waals surface area contributed by atoms with Crippen LogP contribution in [-0.2, 0) is 4.74 Å². The zero-order valence-corrected chi connectivity index (χ0v) is 12.5. The van der Waals surface area contributed by atoms with E-state index in [-0.39, 0.29) is 6.09 Å². The van der Waals surface area contributed by atoms with Crippen molar-refractivity contribution in [2.24, 2.45) is 0 Å². The molecule has 0 saturated carbocycles. The molecule has 6 nitrogen and oxygen atoms in total. The van der Waals surface area contributed by atoms with Gasteiger partial charge in [-0.25, -0.2) is 4.79 Å². The number of carbonyl (C=O) groups excluding carboxylic acids is 1. The number of pyridine rings is 1. The van der Waals surface area contributed by atoms with Crippen molar-refractivity contribution in [1.82, 2.24) is 15.2 Å². The van der Waals surface area contributed by atoms with Gasteiger partial charge in [-0.3, -0.25) is 4.98 Å². The molecule has 1 saturated heterocycles. The van der Waals surface area contributed by atoms with Crippen LogP contribution in [0.1, 0.15) is 19.8 Å². The molecule has 1 aromatic heterocycles. The van der Waals surface area contributed by atoms with Gasteiger partial charge < -0.3 is 20.3 Å². The van der Waals surface area contributed by atoms with E-state index in [1.54, 1.807) is 11.1 Å². The predicted octanol–water partition coefficient (Wildman–Crippen LogP) is 1.70. The number of amides is 1. The Bertz CT molecular complexity index is 419. The van der Waals surface area contributed by atoms with E-state index in [4.69, 9.17) is 4.74 Å². The predicted molar refractivity (Wildman–Crippen MR) is 82.3 cm³/mol. The molecule has 0 aliphatic carbocycles. The van der Waals surface area contributed by atoms with E-state index in [1.807, 2.05) is 25.3 Å². The van der Waals surface area contributed by atoms with Gasteiger partial charge in [0.15, 0.2) is 0 Å². The smallest absolute Gasteiger partial charge is 0.409 e. The van der Waals surface area contributed by atoms with Gasteiger partial charge in [-0.1, -0.05) is 0 Å². The van der Waals surface area contributed by atoms with Gasteiger partial charge in [-0.2, -0.15) is 0 Å². The number of nitrogens with zero attached hydrogens (tertiary/aromatic N) is 2. The summed E-state index contributed by atoms with van der Waals surface area (Å²) in [5.74, 6) is 0. The maximum atomic E-state index is 11.6. The summed E-state index contributed by atoms with van der Waals surface area (Å²) in [5.41, 5.74) is 1.04. The van der Waals surface area contributed by atoms with Gasteiger partial charge in [-0.15, -0.1) is 0 Å². The normalized spacial score (nSPS) is 15.8. The van der Waals surface area contributed by atoms with Crippen molar-refractivity contribution in [3.05, 3.63) is 24.5 Å². The minimum atomic E-state index is -0.186. The molecular formula is C15H24N4O2. The Morgan fingerprint density at radius 1 is 1.43 bits per heavy atom. The standard InChI is InChI=1S/C15H24N4O2/c1-2-21-15(20)19-10-5-13(6-11-19)17-8-9-18-14-4-3-7-16-12-14/h3-4,7,12-13,17-18H,2,5-6,8-11H2,1H3. The van der Waals surface area contributed by atoms with E-state index in [0.717, 1.165) is 44.7 Å². The maximum Gasteiger partial charge on any atom is 0.409 e. The fourth-order valence-corrected chi connectivity index (χ4v) is 2.43. The van der Waals surface area contributed by atoms with Crippen molar-refractivity contribution in [1.29, 1.82) is 0 Å².